The van der Waals surface area contributed by atoms with Crippen molar-refractivity contribution in [2.45, 2.75) is 31.4 Å². The highest BCUT2D eigenvalue weighted by molar-refractivity contribution is 5.78. The minimum Gasteiger partial charge on any atom is -0.467 e. The van der Waals surface area contributed by atoms with Gasteiger partial charge in [0.2, 0.25) is 0 Å². The Hall–Kier alpha value is -0.650. The van der Waals surface area contributed by atoms with E-state index in [9.17, 15) is 9.90 Å². The normalized spacial score (nSPS) is 24.9. The van der Waals surface area contributed by atoms with Crippen LogP contribution in [0.1, 0.15) is 19.8 Å². The summed E-state index contributed by atoms with van der Waals surface area (Å²) < 4.78 is 4.58. The Morgan fingerprint density at radius 1 is 1.65 bits per heavy atom. The molecule has 0 aromatic rings. The monoisotopic (exact) mass is 244 g/mol. The fourth-order valence-corrected chi connectivity index (χ4v) is 2.44. The van der Waals surface area contributed by atoms with Gasteiger partial charge in [-0.15, -0.1) is 0 Å². The molecule has 0 bridgehead atoms. The Balaban J connectivity index is 2.43. The molecule has 0 amide bonds. The average molecular weight is 244 g/mol. The molecule has 2 atom stereocenters. The minimum absolute atomic E-state index is 0.296. The van der Waals surface area contributed by atoms with Gasteiger partial charge < -0.3 is 19.6 Å². The second kappa shape index (κ2) is 5.80. The standard InChI is InChI=1S/C12H24N2O3/c1-12(16,11(15)17-4)9-13(2)8-10-6-5-7-14(10)3/h10,16H,5-9H2,1-4H3. The number of rotatable bonds is 5. The van der Waals surface area contributed by atoms with Crippen LogP contribution in [-0.4, -0.2) is 73.4 Å². The van der Waals surface area contributed by atoms with Gasteiger partial charge in [-0.05, 0) is 40.4 Å². The Morgan fingerprint density at radius 2 is 2.29 bits per heavy atom. The predicted octanol–water partition coefficient (Wildman–Crippen LogP) is -0.0636. The maximum atomic E-state index is 11.4. The van der Waals surface area contributed by atoms with Gasteiger partial charge in [0.15, 0.2) is 5.60 Å². The van der Waals surface area contributed by atoms with Crippen molar-refractivity contribution < 1.29 is 14.6 Å². The van der Waals surface area contributed by atoms with Gasteiger partial charge in [-0.3, -0.25) is 0 Å². The molecule has 0 saturated carbocycles. The summed E-state index contributed by atoms with van der Waals surface area (Å²) in [6, 6.07) is 0.522. The highest BCUT2D eigenvalue weighted by Crippen LogP contribution is 2.16. The third-order valence-electron chi connectivity index (χ3n) is 3.40. The van der Waals surface area contributed by atoms with Crippen LogP contribution in [-0.2, 0) is 9.53 Å². The number of likely N-dealkylation sites (tertiary alicyclic amines) is 1. The molecule has 5 heteroatoms. The number of aliphatic hydroxyl groups is 1. The minimum atomic E-state index is -1.43. The Kier molecular flexibility index (Phi) is 4.91. The Morgan fingerprint density at radius 3 is 2.76 bits per heavy atom. The summed E-state index contributed by atoms with van der Waals surface area (Å²) in [7, 11) is 5.33. The van der Waals surface area contributed by atoms with Gasteiger partial charge in [-0.2, -0.15) is 0 Å². The van der Waals surface area contributed by atoms with E-state index in [0.29, 0.717) is 12.6 Å². The molecule has 1 heterocycles. The van der Waals surface area contributed by atoms with Crippen LogP contribution in [0.5, 0.6) is 0 Å². The van der Waals surface area contributed by atoms with Crippen LogP contribution in [0.2, 0.25) is 0 Å². The molecule has 0 spiro atoms. The van der Waals surface area contributed by atoms with E-state index in [1.165, 1.54) is 26.9 Å². The van der Waals surface area contributed by atoms with Crippen LogP contribution < -0.4 is 0 Å². The van der Waals surface area contributed by atoms with Gasteiger partial charge >= 0.3 is 5.97 Å². The summed E-state index contributed by atoms with van der Waals surface area (Å²) in [6.07, 6.45) is 2.41. The van der Waals surface area contributed by atoms with Crippen molar-refractivity contribution >= 4 is 5.97 Å². The number of hydrogen-bond donors (Lipinski definition) is 1. The molecule has 1 N–H and O–H groups in total. The summed E-state index contributed by atoms with van der Waals surface area (Å²) in [5, 5.41) is 9.96. The van der Waals surface area contributed by atoms with Crippen LogP contribution in [0.15, 0.2) is 0 Å². The molecular formula is C12H24N2O3. The number of likely N-dealkylation sites (N-methyl/N-ethyl adjacent to an activating group) is 2. The lowest BCUT2D eigenvalue weighted by Gasteiger charge is -2.30. The number of esters is 1. The van der Waals surface area contributed by atoms with Crippen LogP contribution in [0.4, 0.5) is 0 Å². The second-order valence-corrected chi connectivity index (χ2v) is 5.24. The number of nitrogens with zero attached hydrogens (tertiary/aromatic N) is 2. The molecule has 5 nitrogen and oxygen atoms in total. The summed E-state index contributed by atoms with van der Waals surface area (Å²) in [4.78, 5) is 15.7. The smallest absolute Gasteiger partial charge is 0.338 e. The number of methoxy groups -OCH3 is 1. The molecule has 1 rings (SSSR count). The molecule has 17 heavy (non-hydrogen) atoms. The van der Waals surface area contributed by atoms with Crippen LogP contribution in [0.25, 0.3) is 0 Å². The number of carbonyl (C=O) groups is 1. The van der Waals surface area contributed by atoms with Gasteiger partial charge in [0.05, 0.1) is 7.11 Å². The van der Waals surface area contributed by atoms with Crippen molar-refractivity contribution in [3.63, 3.8) is 0 Å². The first-order valence-electron chi connectivity index (χ1n) is 6.06. The fourth-order valence-electron chi connectivity index (χ4n) is 2.44. The number of carbonyl (C=O) groups excluding carboxylic acids is 1. The van der Waals surface area contributed by atoms with E-state index in [-0.39, 0.29) is 0 Å². The van der Waals surface area contributed by atoms with E-state index >= 15 is 0 Å². The van der Waals surface area contributed by atoms with E-state index in [1.807, 2.05) is 11.9 Å². The van der Waals surface area contributed by atoms with Gasteiger partial charge in [0.25, 0.3) is 0 Å². The molecule has 1 saturated heterocycles. The van der Waals surface area contributed by atoms with Gasteiger partial charge in [0, 0.05) is 19.1 Å². The van der Waals surface area contributed by atoms with Gasteiger partial charge in [-0.1, -0.05) is 0 Å². The first-order chi connectivity index (χ1) is 7.86. The quantitative estimate of drug-likeness (QED) is 0.687. The average Bonchev–Trinajstić information content (AvgIpc) is 2.62. The van der Waals surface area contributed by atoms with E-state index in [2.05, 4.69) is 16.7 Å². The zero-order valence-corrected chi connectivity index (χ0v) is 11.3. The largest absolute Gasteiger partial charge is 0.467 e. The summed E-state index contributed by atoms with van der Waals surface area (Å²) in [5.41, 5.74) is -1.43. The van der Waals surface area contributed by atoms with E-state index in [1.54, 1.807) is 0 Å². The van der Waals surface area contributed by atoms with Crippen LogP contribution in [0.3, 0.4) is 0 Å². The molecule has 2 unspecified atom stereocenters. The molecule has 100 valence electrons. The lowest BCUT2D eigenvalue weighted by Crippen LogP contribution is -2.48. The lowest BCUT2D eigenvalue weighted by atomic mass is 10.1. The molecule has 1 aliphatic rings. The SMILES string of the molecule is COC(=O)C(C)(O)CN(C)CC1CCCN1C. The van der Waals surface area contributed by atoms with E-state index in [0.717, 1.165) is 13.1 Å². The van der Waals surface area contributed by atoms with Crippen molar-refractivity contribution in [1.29, 1.82) is 0 Å². The van der Waals surface area contributed by atoms with E-state index in [4.69, 9.17) is 0 Å². The summed E-state index contributed by atoms with van der Waals surface area (Å²) in [6.45, 7) is 3.78. The van der Waals surface area contributed by atoms with Crippen LogP contribution >= 0.6 is 0 Å². The Bertz CT molecular complexity index is 268. The van der Waals surface area contributed by atoms with Gasteiger partial charge in [-0.25, -0.2) is 4.79 Å². The third kappa shape index (κ3) is 3.94. The highest BCUT2D eigenvalue weighted by atomic mass is 16.5. The van der Waals surface area contributed by atoms with Crippen molar-refractivity contribution in [3.8, 4) is 0 Å². The predicted molar refractivity (Wildman–Crippen MR) is 65.8 cm³/mol. The van der Waals surface area contributed by atoms with Crippen LogP contribution in [0, 0.1) is 0 Å². The van der Waals surface area contributed by atoms with Gasteiger partial charge in [0.1, 0.15) is 0 Å². The third-order valence-corrected chi connectivity index (χ3v) is 3.40. The first-order valence-corrected chi connectivity index (χ1v) is 6.06. The Labute approximate surface area is 103 Å². The number of hydrogen-bond acceptors (Lipinski definition) is 5. The van der Waals surface area contributed by atoms with Crippen molar-refractivity contribution in [1.82, 2.24) is 9.80 Å². The summed E-state index contributed by atoms with van der Waals surface area (Å²) >= 11 is 0. The molecular weight excluding hydrogens is 220 g/mol. The van der Waals surface area contributed by atoms with E-state index < -0.39 is 11.6 Å². The van der Waals surface area contributed by atoms with Crippen molar-refractivity contribution in [3.05, 3.63) is 0 Å². The second-order valence-electron chi connectivity index (χ2n) is 5.24. The van der Waals surface area contributed by atoms with Crippen molar-refractivity contribution in [2.24, 2.45) is 0 Å². The molecule has 0 aliphatic carbocycles. The zero-order chi connectivity index (χ0) is 13.1. The lowest BCUT2D eigenvalue weighted by molar-refractivity contribution is -0.162. The van der Waals surface area contributed by atoms with Crippen molar-refractivity contribution in [2.75, 3.05) is 40.8 Å². The highest BCUT2D eigenvalue weighted by Gasteiger charge is 2.33. The molecule has 1 aliphatic heterocycles. The zero-order valence-electron chi connectivity index (χ0n) is 11.3. The maximum Gasteiger partial charge on any atom is 0.338 e. The number of ether oxygens (including phenoxy) is 1. The fraction of sp³-hybridized carbons (Fsp3) is 0.917. The first kappa shape index (κ1) is 14.4. The topological polar surface area (TPSA) is 53.0 Å². The summed E-state index contributed by atoms with van der Waals surface area (Å²) in [5.74, 6) is -0.580. The molecule has 0 aromatic carbocycles. The molecule has 0 radical (unpaired) electrons. The maximum absolute atomic E-state index is 11.4. The molecule has 1 fully saturated rings. The molecule has 0 aromatic heterocycles.